The Bertz CT molecular complexity index is 722. The number of hydrogen-bond acceptors (Lipinski definition) is 4. The molecule has 0 atom stereocenters. The smallest absolute Gasteiger partial charge is 0.387 e. The highest BCUT2D eigenvalue weighted by molar-refractivity contribution is 14.0. The molecule has 5 nitrogen and oxygen atoms in total. The Morgan fingerprint density at radius 1 is 1.19 bits per heavy atom. The van der Waals surface area contributed by atoms with Gasteiger partial charge in [-0.2, -0.15) is 8.78 Å². The normalized spacial score (nSPS) is 14.9. The molecule has 1 aliphatic rings. The number of thiophene rings is 1. The number of alkyl halides is 2. The van der Waals surface area contributed by atoms with Crippen molar-refractivity contribution in [2.45, 2.75) is 13.2 Å². The minimum atomic E-state index is -2.83. The van der Waals surface area contributed by atoms with Crippen LogP contribution in [0.25, 0.3) is 0 Å². The summed E-state index contributed by atoms with van der Waals surface area (Å²) in [6.45, 7) is 1.10. The molecule has 148 valence electrons. The van der Waals surface area contributed by atoms with Gasteiger partial charge in [-0.1, -0.05) is 18.2 Å². The van der Waals surface area contributed by atoms with Crippen LogP contribution < -0.4 is 15.0 Å². The number of halogens is 3. The maximum Gasteiger partial charge on any atom is 0.387 e. The minimum Gasteiger partial charge on any atom is -0.434 e. The lowest BCUT2D eigenvalue weighted by Crippen LogP contribution is -2.52. The first-order valence-electron chi connectivity index (χ1n) is 8.44. The lowest BCUT2D eigenvalue weighted by Gasteiger charge is -2.37. The number of ether oxygens (including phenoxy) is 1. The molecule has 1 fully saturated rings. The van der Waals surface area contributed by atoms with E-state index >= 15 is 0 Å². The SMILES string of the molecule is CN=C(NCc1ccccc1OC(F)F)N1CCN(c2cccs2)CC1.I. The highest BCUT2D eigenvalue weighted by atomic mass is 127. The summed E-state index contributed by atoms with van der Waals surface area (Å²) < 4.78 is 29.6. The zero-order valence-corrected chi connectivity index (χ0v) is 18.1. The number of para-hydroxylation sites is 1. The Labute approximate surface area is 179 Å². The summed E-state index contributed by atoms with van der Waals surface area (Å²) in [5.41, 5.74) is 0.672. The first-order chi connectivity index (χ1) is 12.7. The topological polar surface area (TPSA) is 40.1 Å². The van der Waals surface area contributed by atoms with Gasteiger partial charge in [0.1, 0.15) is 5.75 Å². The highest BCUT2D eigenvalue weighted by Gasteiger charge is 2.20. The van der Waals surface area contributed by atoms with Crippen molar-refractivity contribution in [3.8, 4) is 5.75 Å². The zero-order chi connectivity index (χ0) is 18.4. The van der Waals surface area contributed by atoms with Crippen molar-refractivity contribution in [2.24, 2.45) is 4.99 Å². The largest absolute Gasteiger partial charge is 0.434 e. The number of anilines is 1. The lowest BCUT2D eigenvalue weighted by atomic mass is 10.2. The van der Waals surface area contributed by atoms with E-state index in [0.29, 0.717) is 12.1 Å². The van der Waals surface area contributed by atoms with E-state index in [-0.39, 0.29) is 29.7 Å². The third kappa shape index (κ3) is 5.93. The predicted molar refractivity (Wildman–Crippen MR) is 117 cm³/mol. The van der Waals surface area contributed by atoms with Crippen LogP contribution >= 0.6 is 35.3 Å². The molecular weight excluding hydrogens is 485 g/mol. The molecule has 2 heterocycles. The van der Waals surface area contributed by atoms with Gasteiger partial charge < -0.3 is 19.9 Å². The van der Waals surface area contributed by atoms with Crippen molar-refractivity contribution in [3.63, 3.8) is 0 Å². The van der Waals surface area contributed by atoms with Crippen LogP contribution in [-0.4, -0.2) is 50.7 Å². The van der Waals surface area contributed by atoms with E-state index in [1.807, 2.05) is 0 Å². The number of aliphatic imine (C=N–C) groups is 1. The van der Waals surface area contributed by atoms with Crippen LogP contribution in [0, 0.1) is 0 Å². The maximum atomic E-state index is 12.5. The average Bonchev–Trinajstić information content (AvgIpc) is 3.18. The molecule has 0 bridgehead atoms. The van der Waals surface area contributed by atoms with Gasteiger partial charge in [0.05, 0.1) is 5.00 Å². The van der Waals surface area contributed by atoms with Gasteiger partial charge in [-0.15, -0.1) is 35.3 Å². The Hall–Kier alpha value is -1.62. The minimum absolute atomic E-state index is 0. The Balaban J connectivity index is 0.00000261. The molecule has 1 aliphatic heterocycles. The summed E-state index contributed by atoms with van der Waals surface area (Å²) in [5.74, 6) is 0.954. The molecule has 1 aromatic carbocycles. The Kier molecular flexibility index (Phi) is 8.55. The third-order valence-electron chi connectivity index (χ3n) is 4.23. The van der Waals surface area contributed by atoms with E-state index in [2.05, 4.69) is 42.4 Å². The van der Waals surface area contributed by atoms with Gasteiger partial charge in [0.15, 0.2) is 5.96 Å². The predicted octanol–water partition coefficient (Wildman–Crippen LogP) is 3.87. The number of guanidine groups is 1. The number of benzene rings is 1. The second kappa shape index (κ2) is 10.6. The molecule has 0 spiro atoms. The van der Waals surface area contributed by atoms with Crippen molar-refractivity contribution in [2.75, 3.05) is 38.1 Å². The van der Waals surface area contributed by atoms with Crippen LogP contribution in [0.5, 0.6) is 5.75 Å². The zero-order valence-electron chi connectivity index (χ0n) is 15.0. The molecule has 9 heteroatoms. The molecule has 0 aliphatic carbocycles. The van der Waals surface area contributed by atoms with Crippen molar-refractivity contribution in [1.29, 1.82) is 0 Å². The van der Waals surface area contributed by atoms with Gasteiger partial charge in [-0.3, -0.25) is 4.99 Å². The second-order valence-corrected chi connectivity index (χ2v) is 6.74. The first kappa shape index (κ1) is 21.7. The number of nitrogens with one attached hydrogen (secondary N) is 1. The van der Waals surface area contributed by atoms with E-state index < -0.39 is 6.61 Å². The second-order valence-electron chi connectivity index (χ2n) is 5.81. The fourth-order valence-electron chi connectivity index (χ4n) is 2.96. The van der Waals surface area contributed by atoms with Crippen LogP contribution in [0.1, 0.15) is 5.56 Å². The summed E-state index contributed by atoms with van der Waals surface area (Å²) in [5, 5.41) is 6.62. The van der Waals surface area contributed by atoms with Crippen LogP contribution in [0.3, 0.4) is 0 Å². The molecule has 0 amide bonds. The molecule has 2 aromatic rings. The summed E-state index contributed by atoms with van der Waals surface area (Å²) in [6, 6.07) is 11.0. The van der Waals surface area contributed by atoms with Gasteiger partial charge >= 0.3 is 6.61 Å². The van der Waals surface area contributed by atoms with E-state index in [4.69, 9.17) is 0 Å². The number of hydrogen-bond donors (Lipinski definition) is 1. The average molecular weight is 508 g/mol. The van der Waals surface area contributed by atoms with E-state index in [0.717, 1.165) is 32.1 Å². The molecule has 1 aromatic heterocycles. The number of nitrogens with zero attached hydrogens (tertiary/aromatic N) is 3. The molecule has 0 radical (unpaired) electrons. The van der Waals surface area contributed by atoms with Crippen molar-refractivity contribution >= 4 is 46.3 Å². The molecule has 1 N–H and O–H groups in total. The summed E-state index contributed by atoms with van der Waals surface area (Å²) >= 11 is 1.75. The maximum absolute atomic E-state index is 12.5. The van der Waals surface area contributed by atoms with Gasteiger partial charge in [0.25, 0.3) is 0 Å². The van der Waals surface area contributed by atoms with Gasteiger partial charge in [0.2, 0.25) is 0 Å². The molecule has 1 saturated heterocycles. The van der Waals surface area contributed by atoms with Crippen molar-refractivity contribution in [1.82, 2.24) is 10.2 Å². The molecule has 0 unspecified atom stereocenters. The summed E-state index contributed by atoms with van der Waals surface area (Å²) in [7, 11) is 1.73. The van der Waals surface area contributed by atoms with E-state index in [9.17, 15) is 8.78 Å². The van der Waals surface area contributed by atoms with E-state index in [1.54, 1.807) is 42.6 Å². The molecule has 0 saturated carbocycles. The quantitative estimate of drug-likeness (QED) is 0.379. The summed E-state index contributed by atoms with van der Waals surface area (Å²) in [4.78, 5) is 8.87. The molecular formula is C18H23F2IN4OS. The summed E-state index contributed by atoms with van der Waals surface area (Å²) in [6.07, 6.45) is 0. The third-order valence-corrected chi connectivity index (χ3v) is 5.16. The van der Waals surface area contributed by atoms with Crippen molar-refractivity contribution in [3.05, 3.63) is 47.3 Å². The van der Waals surface area contributed by atoms with Gasteiger partial charge in [0, 0.05) is 45.3 Å². The molecule has 27 heavy (non-hydrogen) atoms. The Morgan fingerprint density at radius 3 is 2.56 bits per heavy atom. The van der Waals surface area contributed by atoms with Crippen LogP contribution in [-0.2, 0) is 6.54 Å². The monoisotopic (exact) mass is 508 g/mol. The van der Waals surface area contributed by atoms with Gasteiger partial charge in [-0.25, -0.2) is 0 Å². The fraction of sp³-hybridized carbons (Fsp3) is 0.389. The molecule has 3 rings (SSSR count). The Morgan fingerprint density at radius 2 is 1.93 bits per heavy atom. The standard InChI is InChI=1S/C18H22F2N4OS.HI/c1-21-18(22-13-14-5-2-3-6-15(14)25-17(19)20)24-10-8-23(9-11-24)16-7-4-12-26-16;/h2-7,12,17H,8-11,13H2,1H3,(H,21,22);1H. The lowest BCUT2D eigenvalue weighted by molar-refractivity contribution is -0.0504. The van der Waals surface area contributed by atoms with Crippen LogP contribution in [0.15, 0.2) is 46.8 Å². The van der Waals surface area contributed by atoms with Gasteiger partial charge in [-0.05, 0) is 23.6 Å². The highest BCUT2D eigenvalue weighted by Crippen LogP contribution is 2.23. The van der Waals surface area contributed by atoms with Crippen LogP contribution in [0.2, 0.25) is 0 Å². The van der Waals surface area contributed by atoms with E-state index in [1.165, 1.54) is 5.00 Å². The number of rotatable bonds is 5. The van der Waals surface area contributed by atoms with Crippen LogP contribution in [0.4, 0.5) is 13.8 Å². The first-order valence-corrected chi connectivity index (χ1v) is 9.32. The fourth-order valence-corrected chi connectivity index (χ4v) is 3.74. The number of piperazine rings is 1. The van der Waals surface area contributed by atoms with Crippen molar-refractivity contribution < 1.29 is 13.5 Å².